The van der Waals surface area contributed by atoms with Gasteiger partial charge < -0.3 is 4.90 Å². The smallest absolute Gasteiger partial charge is 0.371 e. The largest absolute Gasteiger partial charge is 0.504 e. The summed E-state index contributed by atoms with van der Waals surface area (Å²) in [7, 11) is 0. The molecule has 6 nitrogen and oxygen atoms in total. The van der Waals surface area contributed by atoms with Crippen molar-refractivity contribution in [2.45, 2.75) is 38.9 Å². The van der Waals surface area contributed by atoms with E-state index in [9.17, 15) is 13.2 Å². The van der Waals surface area contributed by atoms with Crippen LogP contribution in [0.15, 0.2) is 22.5 Å². The van der Waals surface area contributed by atoms with Crippen LogP contribution in [-0.4, -0.2) is 22.9 Å². The van der Waals surface area contributed by atoms with Gasteiger partial charge in [0.05, 0.1) is 11.9 Å². The van der Waals surface area contributed by atoms with Crippen molar-refractivity contribution in [1.29, 1.82) is 5.26 Å². The van der Waals surface area contributed by atoms with Crippen LogP contribution >= 0.6 is 0 Å². The number of azo groups is 1. The van der Waals surface area contributed by atoms with Gasteiger partial charge in [-0.2, -0.15) is 9.94 Å². The minimum Gasteiger partial charge on any atom is -0.371 e. The van der Waals surface area contributed by atoms with Crippen molar-refractivity contribution in [3.05, 3.63) is 34.5 Å². The van der Waals surface area contributed by atoms with Crippen LogP contribution < -0.4 is 4.90 Å². The van der Waals surface area contributed by atoms with Crippen LogP contribution in [0.2, 0.25) is 0 Å². The van der Waals surface area contributed by atoms with Crippen molar-refractivity contribution in [2.24, 2.45) is 10.2 Å². The van der Waals surface area contributed by atoms with Crippen molar-refractivity contribution < 1.29 is 13.2 Å². The van der Waals surface area contributed by atoms with Gasteiger partial charge in [-0.25, -0.2) is 0 Å². The van der Waals surface area contributed by atoms with Crippen LogP contribution in [0.5, 0.6) is 0 Å². The Labute approximate surface area is 153 Å². The number of alkyl halides is 3. The van der Waals surface area contributed by atoms with E-state index in [4.69, 9.17) is 5.26 Å². The third kappa shape index (κ3) is 3.05. The van der Waals surface area contributed by atoms with Crippen LogP contribution in [0.25, 0.3) is 0 Å². The zero-order valence-corrected chi connectivity index (χ0v) is 14.7. The number of hydrogen-bond acceptors (Lipinski definition) is 5. The number of rotatable bonds is 2. The summed E-state index contributed by atoms with van der Waals surface area (Å²) < 4.78 is 38.1. The molecule has 0 aliphatic carbocycles. The molecular weight excluding hydrogens is 357 g/mol. The van der Waals surface area contributed by atoms with E-state index in [1.807, 2.05) is 13.0 Å². The molecule has 0 N–H and O–H groups in total. The molecule has 2 aliphatic heterocycles. The van der Waals surface area contributed by atoms with E-state index >= 15 is 0 Å². The molecule has 0 spiro atoms. The molecule has 27 heavy (non-hydrogen) atoms. The average molecular weight is 374 g/mol. The Kier molecular flexibility index (Phi) is 4.13. The lowest BCUT2D eigenvalue weighted by Gasteiger charge is -2.37. The van der Waals surface area contributed by atoms with E-state index in [0.29, 0.717) is 11.9 Å². The summed E-state index contributed by atoms with van der Waals surface area (Å²) in [4.78, 5) is 2.41. The molecule has 140 valence electrons. The zero-order chi connectivity index (χ0) is 19.2. The lowest BCUT2D eigenvalue weighted by Crippen LogP contribution is -2.34. The van der Waals surface area contributed by atoms with E-state index in [0.717, 1.165) is 44.3 Å². The Morgan fingerprint density at radius 2 is 1.93 bits per heavy atom. The van der Waals surface area contributed by atoms with E-state index in [2.05, 4.69) is 20.2 Å². The van der Waals surface area contributed by atoms with Crippen LogP contribution in [0.1, 0.15) is 35.1 Å². The fourth-order valence-electron chi connectivity index (χ4n) is 3.85. The molecule has 0 atom stereocenters. The van der Waals surface area contributed by atoms with Gasteiger partial charge in [0.2, 0.25) is 5.82 Å². The lowest BCUT2D eigenvalue weighted by atomic mass is 9.88. The van der Waals surface area contributed by atoms with Gasteiger partial charge in [-0.15, -0.1) is 28.5 Å². The van der Waals surface area contributed by atoms with Gasteiger partial charge in [0.15, 0.2) is 0 Å². The van der Waals surface area contributed by atoms with Gasteiger partial charge in [-0.1, -0.05) is 0 Å². The van der Waals surface area contributed by atoms with Crippen molar-refractivity contribution >= 4 is 17.2 Å². The second-order valence-electron chi connectivity index (χ2n) is 6.79. The van der Waals surface area contributed by atoms with Crippen LogP contribution in [0, 0.1) is 18.3 Å². The number of aromatic nitrogens is 2. The topological polar surface area (TPSA) is 69.6 Å². The quantitative estimate of drug-likeness (QED) is 0.718. The SMILES string of the molecule is Cc1c(N=Nc2nn(C(F)(F)F)cc2C#N)cc2c3c1CCCN3CCC2. The third-order valence-electron chi connectivity index (χ3n) is 5.11. The second-order valence-corrected chi connectivity index (χ2v) is 6.79. The zero-order valence-electron chi connectivity index (χ0n) is 14.7. The number of benzene rings is 1. The van der Waals surface area contributed by atoms with Crippen molar-refractivity contribution in [3.63, 3.8) is 0 Å². The van der Waals surface area contributed by atoms with Crippen LogP contribution in [-0.2, 0) is 19.1 Å². The lowest BCUT2D eigenvalue weighted by molar-refractivity contribution is -0.212. The van der Waals surface area contributed by atoms with Crippen molar-refractivity contribution in [2.75, 3.05) is 18.0 Å². The van der Waals surface area contributed by atoms with Gasteiger partial charge in [-0.3, -0.25) is 0 Å². The molecule has 0 saturated heterocycles. The highest BCUT2D eigenvalue weighted by Gasteiger charge is 2.33. The van der Waals surface area contributed by atoms with Crippen molar-refractivity contribution in [3.8, 4) is 6.07 Å². The number of nitriles is 1. The first-order valence-corrected chi connectivity index (χ1v) is 8.77. The summed E-state index contributed by atoms with van der Waals surface area (Å²) in [5.41, 5.74) is 5.09. The highest BCUT2D eigenvalue weighted by Crippen LogP contribution is 2.41. The number of nitrogens with zero attached hydrogens (tertiary/aromatic N) is 6. The molecule has 0 amide bonds. The summed E-state index contributed by atoms with van der Waals surface area (Å²) >= 11 is 0. The molecule has 9 heteroatoms. The minimum absolute atomic E-state index is 0.221. The van der Waals surface area contributed by atoms with Gasteiger partial charge in [-0.05, 0) is 55.4 Å². The molecule has 4 rings (SSSR count). The van der Waals surface area contributed by atoms with E-state index in [1.165, 1.54) is 16.8 Å². The molecule has 1 aromatic heterocycles. The average Bonchev–Trinajstić information content (AvgIpc) is 3.07. The van der Waals surface area contributed by atoms with Gasteiger partial charge in [0.1, 0.15) is 11.6 Å². The molecular formula is C18H17F3N6. The van der Waals surface area contributed by atoms with Gasteiger partial charge in [0.25, 0.3) is 0 Å². The molecule has 0 radical (unpaired) electrons. The normalized spacial score (nSPS) is 16.5. The standard InChI is InChI=1S/C18H17F3N6/c1-11-14-5-3-7-26-6-2-4-12(16(14)26)8-15(11)23-24-17-13(9-22)10-27(25-17)18(19,20)21/h8,10H,2-7H2,1H3. The Morgan fingerprint density at radius 3 is 2.63 bits per heavy atom. The number of hydrogen-bond donors (Lipinski definition) is 0. The highest BCUT2D eigenvalue weighted by atomic mass is 19.4. The number of halogens is 3. The summed E-state index contributed by atoms with van der Waals surface area (Å²) in [5.74, 6) is -0.331. The van der Waals surface area contributed by atoms with E-state index < -0.39 is 6.30 Å². The molecule has 0 saturated carbocycles. The first kappa shape index (κ1) is 17.5. The second kappa shape index (κ2) is 6.37. The molecule has 0 bridgehead atoms. The molecule has 0 fully saturated rings. The summed E-state index contributed by atoms with van der Waals surface area (Å²) in [6.45, 7) is 4.07. The Bertz CT molecular complexity index is 965. The first-order chi connectivity index (χ1) is 12.9. The Hall–Kier alpha value is -2.89. The summed E-state index contributed by atoms with van der Waals surface area (Å²) in [6.07, 6.45) is -0.0263. The molecule has 0 unspecified atom stereocenters. The predicted molar refractivity (Wildman–Crippen MR) is 92.5 cm³/mol. The van der Waals surface area contributed by atoms with Crippen LogP contribution in [0.3, 0.4) is 0 Å². The number of aryl methyl sites for hydroxylation is 1. The molecule has 2 aliphatic rings. The molecule has 2 aromatic rings. The maximum atomic E-state index is 12.8. The first-order valence-electron chi connectivity index (χ1n) is 8.77. The predicted octanol–water partition coefficient (Wildman–Crippen LogP) is 4.65. The molecule has 3 heterocycles. The summed E-state index contributed by atoms with van der Waals surface area (Å²) in [5, 5.41) is 20.4. The van der Waals surface area contributed by atoms with Gasteiger partial charge >= 0.3 is 6.30 Å². The Balaban J connectivity index is 1.74. The van der Waals surface area contributed by atoms with Gasteiger partial charge in [0, 0.05) is 18.8 Å². The fourth-order valence-corrected chi connectivity index (χ4v) is 3.85. The van der Waals surface area contributed by atoms with E-state index in [1.54, 1.807) is 6.07 Å². The monoisotopic (exact) mass is 374 g/mol. The third-order valence-corrected chi connectivity index (χ3v) is 5.11. The van der Waals surface area contributed by atoms with Crippen LogP contribution in [0.4, 0.5) is 30.4 Å². The fraction of sp³-hybridized carbons (Fsp3) is 0.444. The minimum atomic E-state index is -4.70. The maximum absolute atomic E-state index is 12.8. The van der Waals surface area contributed by atoms with E-state index in [-0.39, 0.29) is 16.1 Å². The van der Waals surface area contributed by atoms with Crippen molar-refractivity contribution in [1.82, 2.24) is 9.78 Å². The number of anilines is 1. The Morgan fingerprint density at radius 1 is 1.19 bits per heavy atom. The maximum Gasteiger partial charge on any atom is 0.504 e. The summed E-state index contributed by atoms with van der Waals surface area (Å²) in [6, 6.07) is 3.64. The highest BCUT2D eigenvalue weighted by molar-refractivity contribution is 5.71. The molecule has 1 aromatic carbocycles.